The first-order valence-corrected chi connectivity index (χ1v) is 7.02. The van der Waals surface area contributed by atoms with Gasteiger partial charge in [0.15, 0.2) is 0 Å². The summed E-state index contributed by atoms with van der Waals surface area (Å²) in [6, 6.07) is 19.5. The monoisotopic (exact) mass is 270 g/mol. The standard InChI is InChI=1S/C12H10O.C3H4.2C2H6/c1-3-7-11(8-4-1)13-12-9-5-2-6-10-12;1-3-2;2*1-2/h1-10H;1H,2H3;2*1-2H3. The van der Waals surface area contributed by atoms with E-state index < -0.39 is 0 Å². The molecule has 0 aliphatic carbocycles. The lowest BCUT2D eigenvalue weighted by atomic mass is 10.3. The number of hydrogen-bond donors (Lipinski definition) is 0. The van der Waals surface area contributed by atoms with Crippen LogP contribution in [0.5, 0.6) is 11.5 Å². The highest BCUT2D eigenvalue weighted by Crippen LogP contribution is 2.19. The molecule has 0 aliphatic rings. The molecule has 0 heterocycles. The van der Waals surface area contributed by atoms with Crippen molar-refractivity contribution in [3.63, 3.8) is 0 Å². The van der Waals surface area contributed by atoms with Crippen LogP contribution in [0.15, 0.2) is 60.7 Å². The van der Waals surface area contributed by atoms with E-state index in [9.17, 15) is 0 Å². The van der Waals surface area contributed by atoms with E-state index in [4.69, 9.17) is 4.74 Å². The maximum absolute atomic E-state index is 5.58. The van der Waals surface area contributed by atoms with Crippen molar-refractivity contribution in [1.29, 1.82) is 0 Å². The van der Waals surface area contributed by atoms with Gasteiger partial charge in [0, 0.05) is 0 Å². The Morgan fingerprint density at radius 3 is 1.20 bits per heavy atom. The van der Waals surface area contributed by atoms with E-state index in [2.05, 4.69) is 12.3 Å². The fourth-order valence-electron chi connectivity index (χ4n) is 1.11. The fraction of sp³-hybridized carbons (Fsp3) is 0.263. The Labute approximate surface area is 124 Å². The summed E-state index contributed by atoms with van der Waals surface area (Å²) in [7, 11) is 0. The second-order valence-electron chi connectivity index (χ2n) is 3.02. The first-order chi connectivity index (χ1) is 9.86. The largest absolute Gasteiger partial charge is 0.457 e. The second-order valence-corrected chi connectivity index (χ2v) is 3.02. The third-order valence-electron chi connectivity index (χ3n) is 1.72. The maximum atomic E-state index is 5.58. The predicted molar refractivity (Wildman–Crippen MR) is 90.2 cm³/mol. The molecule has 0 atom stereocenters. The Morgan fingerprint density at radius 2 is 0.950 bits per heavy atom. The quantitative estimate of drug-likeness (QED) is 0.593. The molecule has 0 radical (unpaired) electrons. The second kappa shape index (κ2) is 16.8. The van der Waals surface area contributed by atoms with Gasteiger partial charge in [0.25, 0.3) is 0 Å². The van der Waals surface area contributed by atoms with Crippen molar-refractivity contribution in [2.75, 3.05) is 0 Å². The van der Waals surface area contributed by atoms with Gasteiger partial charge < -0.3 is 4.74 Å². The molecule has 0 fully saturated rings. The lowest BCUT2D eigenvalue weighted by Crippen LogP contribution is -1.81. The van der Waals surface area contributed by atoms with Gasteiger partial charge >= 0.3 is 0 Å². The third kappa shape index (κ3) is 10.9. The summed E-state index contributed by atoms with van der Waals surface area (Å²) in [5, 5.41) is 0. The molecule has 0 saturated carbocycles. The number of terminal acetylenes is 1. The summed E-state index contributed by atoms with van der Waals surface area (Å²) in [4.78, 5) is 0. The molecule has 2 aromatic carbocycles. The molecule has 20 heavy (non-hydrogen) atoms. The molecule has 2 rings (SSSR count). The zero-order valence-corrected chi connectivity index (χ0v) is 13.3. The Bertz CT molecular complexity index is 389. The van der Waals surface area contributed by atoms with Crippen LogP contribution in [-0.2, 0) is 0 Å². The minimum atomic E-state index is 0.869. The molecule has 2 aromatic rings. The van der Waals surface area contributed by atoms with Gasteiger partial charge in [-0.2, -0.15) is 0 Å². The average Bonchev–Trinajstić information content (AvgIpc) is 2.54. The molecule has 0 unspecified atom stereocenters. The average molecular weight is 270 g/mol. The lowest BCUT2D eigenvalue weighted by Gasteiger charge is -2.03. The van der Waals surface area contributed by atoms with Gasteiger partial charge in [-0.1, -0.05) is 64.1 Å². The van der Waals surface area contributed by atoms with Crippen LogP contribution in [0.1, 0.15) is 34.6 Å². The first-order valence-electron chi connectivity index (χ1n) is 7.02. The van der Waals surface area contributed by atoms with Crippen molar-refractivity contribution in [2.24, 2.45) is 0 Å². The van der Waals surface area contributed by atoms with Crippen molar-refractivity contribution in [3.05, 3.63) is 60.7 Å². The van der Waals surface area contributed by atoms with Crippen LogP contribution in [0.3, 0.4) is 0 Å². The molecule has 0 saturated heterocycles. The van der Waals surface area contributed by atoms with Gasteiger partial charge in [0.2, 0.25) is 0 Å². The molecule has 1 nitrogen and oxygen atoms in total. The van der Waals surface area contributed by atoms with Crippen LogP contribution in [0.2, 0.25) is 0 Å². The van der Waals surface area contributed by atoms with E-state index in [0.29, 0.717) is 0 Å². The number of benzene rings is 2. The summed E-state index contributed by atoms with van der Waals surface area (Å²) in [5.41, 5.74) is 0. The first kappa shape index (κ1) is 20.1. The van der Waals surface area contributed by atoms with E-state index in [1.165, 1.54) is 0 Å². The van der Waals surface area contributed by atoms with Gasteiger partial charge in [-0.05, 0) is 31.2 Å². The molecule has 1 heteroatoms. The zero-order valence-electron chi connectivity index (χ0n) is 13.3. The topological polar surface area (TPSA) is 9.23 Å². The number of rotatable bonds is 2. The van der Waals surface area contributed by atoms with Gasteiger partial charge in [0.1, 0.15) is 11.5 Å². The van der Waals surface area contributed by atoms with E-state index in [1.54, 1.807) is 6.92 Å². The lowest BCUT2D eigenvalue weighted by molar-refractivity contribution is 0.482. The van der Waals surface area contributed by atoms with Gasteiger partial charge in [-0.25, -0.2) is 0 Å². The van der Waals surface area contributed by atoms with Gasteiger partial charge in [-0.15, -0.1) is 12.3 Å². The number of hydrogen-bond acceptors (Lipinski definition) is 1. The maximum Gasteiger partial charge on any atom is 0.127 e. The minimum absolute atomic E-state index is 0.869. The Hall–Kier alpha value is -2.20. The summed E-state index contributed by atoms with van der Waals surface area (Å²) in [6.07, 6.45) is 4.60. The molecular formula is C19H26O. The Kier molecular flexibility index (Phi) is 16.9. The summed E-state index contributed by atoms with van der Waals surface area (Å²) < 4.78 is 5.58. The summed E-state index contributed by atoms with van der Waals surface area (Å²) in [6.45, 7) is 9.65. The van der Waals surface area contributed by atoms with Crippen molar-refractivity contribution < 1.29 is 4.74 Å². The fourth-order valence-corrected chi connectivity index (χ4v) is 1.11. The Balaban J connectivity index is 0. The van der Waals surface area contributed by atoms with Crippen molar-refractivity contribution in [3.8, 4) is 23.8 Å². The number of para-hydroxylation sites is 2. The predicted octanol–water partition coefficient (Wildman–Crippen LogP) is 6.17. The molecule has 0 aromatic heterocycles. The van der Waals surface area contributed by atoms with Crippen molar-refractivity contribution >= 4 is 0 Å². The van der Waals surface area contributed by atoms with Crippen molar-refractivity contribution in [2.45, 2.75) is 34.6 Å². The Morgan fingerprint density at radius 1 is 0.700 bits per heavy atom. The molecule has 0 amide bonds. The minimum Gasteiger partial charge on any atom is -0.457 e. The highest BCUT2D eigenvalue weighted by molar-refractivity contribution is 5.30. The smallest absolute Gasteiger partial charge is 0.127 e. The normalized spacial score (nSPS) is 7.20. The molecule has 0 aliphatic heterocycles. The van der Waals surface area contributed by atoms with Gasteiger partial charge in [0.05, 0.1) is 0 Å². The molecule has 0 spiro atoms. The van der Waals surface area contributed by atoms with Crippen LogP contribution in [-0.4, -0.2) is 0 Å². The SMILES string of the molecule is C#CC.CC.CC.c1ccc(Oc2ccccc2)cc1. The number of ether oxygens (including phenoxy) is 1. The van der Waals surface area contributed by atoms with Crippen LogP contribution in [0.25, 0.3) is 0 Å². The van der Waals surface area contributed by atoms with E-state index in [0.717, 1.165) is 11.5 Å². The molecular weight excluding hydrogens is 244 g/mol. The van der Waals surface area contributed by atoms with Crippen LogP contribution >= 0.6 is 0 Å². The van der Waals surface area contributed by atoms with E-state index in [1.807, 2.05) is 88.4 Å². The molecule has 0 bridgehead atoms. The molecule has 0 N–H and O–H groups in total. The molecule has 108 valence electrons. The van der Waals surface area contributed by atoms with Gasteiger partial charge in [-0.3, -0.25) is 0 Å². The zero-order chi connectivity index (χ0) is 15.6. The summed E-state index contributed by atoms with van der Waals surface area (Å²) >= 11 is 0. The third-order valence-corrected chi connectivity index (χ3v) is 1.72. The van der Waals surface area contributed by atoms with Crippen molar-refractivity contribution in [1.82, 2.24) is 0 Å². The van der Waals surface area contributed by atoms with Crippen LogP contribution in [0.4, 0.5) is 0 Å². The van der Waals surface area contributed by atoms with E-state index in [-0.39, 0.29) is 0 Å². The highest BCUT2D eigenvalue weighted by Gasteiger charge is 1.92. The summed E-state index contributed by atoms with van der Waals surface area (Å²) in [5.74, 6) is 3.99. The van der Waals surface area contributed by atoms with Crippen LogP contribution < -0.4 is 4.74 Å². The van der Waals surface area contributed by atoms with E-state index >= 15 is 0 Å². The highest BCUT2D eigenvalue weighted by atomic mass is 16.5. The van der Waals surface area contributed by atoms with Crippen LogP contribution in [0, 0.1) is 12.3 Å².